The van der Waals surface area contributed by atoms with E-state index in [2.05, 4.69) is 20.4 Å². The number of anilines is 2. The van der Waals surface area contributed by atoms with Gasteiger partial charge in [0.15, 0.2) is 0 Å². The van der Waals surface area contributed by atoms with Gasteiger partial charge in [-0.1, -0.05) is 30.7 Å². The molecule has 2 saturated heterocycles. The molecule has 4 fully saturated rings. The van der Waals surface area contributed by atoms with E-state index in [4.69, 9.17) is 4.74 Å². The van der Waals surface area contributed by atoms with Gasteiger partial charge >= 0.3 is 0 Å². The van der Waals surface area contributed by atoms with Crippen LogP contribution in [0.15, 0.2) is 66.9 Å². The Hall–Kier alpha value is -4.24. The minimum Gasteiger partial charge on any atom is -0.382 e. The van der Waals surface area contributed by atoms with Crippen LogP contribution in [0.5, 0.6) is 0 Å². The molecule has 0 radical (unpaired) electrons. The van der Waals surface area contributed by atoms with Gasteiger partial charge in [0, 0.05) is 48.6 Å². The van der Waals surface area contributed by atoms with Crippen molar-refractivity contribution < 1.29 is 18.7 Å². The van der Waals surface area contributed by atoms with Crippen LogP contribution in [0.25, 0.3) is 10.9 Å². The molecular weight excluding hydrogens is 605 g/mol. The maximum absolute atomic E-state index is 15.4. The highest BCUT2D eigenvalue weighted by atomic mass is 19.1. The third kappa shape index (κ3) is 6.09. The van der Waals surface area contributed by atoms with Crippen LogP contribution >= 0.6 is 0 Å². The predicted molar refractivity (Wildman–Crippen MR) is 184 cm³/mol. The number of nitrogens with zero attached hydrogens (tertiary/aromatic N) is 3. The van der Waals surface area contributed by atoms with Gasteiger partial charge in [-0.05, 0) is 111 Å². The lowest BCUT2D eigenvalue weighted by Crippen LogP contribution is -2.54. The Morgan fingerprint density at radius 2 is 1.75 bits per heavy atom. The Labute approximate surface area is 281 Å². The van der Waals surface area contributed by atoms with Crippen LogP contribution in [-0.2, 0) is 16.1 Å². The van der Waals surface area contributed by atoms with Gasteiger partial charge in [-0.2, -0.15) is 5.10 Å². The summed E-state index contributed by atoms with van der Waals surface area (Å²) in [4.78, 5) is 30.9. The molecule has 250 valence electrons. The highest BCUT2D eigenvalue weighted by Gasteiger charge is 2.50. The molecule has 0 unspecified atom stereocenters. The third-order valence-corrected chi connectivity index (χ3v) is 11.1. The normalized spacial score (nSPS) is 24.4. The van der Waals surface area contributed by atoms with Crippen molar-refractivity contribution in [2.24, 2.45) is 17.8 Å². The number of likely N-dealkylation sites (tertiary alicyclic amines) is 1. The van der Waals surface area contributed by atoms with E-state index in [1.165, 1.54) is 18.9 Å². The number of piperidine rings is 1. The van der Waals surface area contributed by atoms with Gasteiger partial charge in [0.2, 0.25) is 5.91 Å². The number of fused-ring (bicyclic) bond motifs is 2. The number of nitrogens with one attached hydrogen (secondary N) is 2. The number of halogens is 1. The van der Waals surface area contributed by atoms with Crippen molar-refractivity contribution in [1.29, 1.82) is 0 Å². The van der Waals surface area contributed by atoms with E-state index in [0.29, 0.717) is 29.6 Å². The van der Waals surface area contributed by atoms with E-state index in [-0.39, 0.29) is 29.3 Å². The molecule has 2 N–H and O–H groups in total. The smallest absolute Gasteiger partial charge is 0.257 e. The molecule has 2 aliphatic heterocycles. The standard InChI is InChI=1S/C39H44FN5O3/c1-24-4-2-6-33(40)36(24)39(47)45-35-7-3-5-27(35)21-32(37(45)26-10-12-29(13-11-26)42-30-16-18-48-19-17-30)38(46)43-31-14-15-34-28(20-31)22-41-44(34)23-25-8-9-25/h2,4,6,10-15,20,22,25,27,30,32,35,37,42H,3,5,7-9,16-19,21,23H2,1H3,(H,43,46)/t27-,32+,35-,37+/m1/s1. The maximum Gasteiger partial charge on any atom is 0.257 e. The lowest BCUT2D eigenvalue weighted by molar-refractivity contribution is -0.125. The highest BCUT2D eigenvalue weighted by Crippen LogP contribution is 2.49. The van der Waals surface area contributed by atoms with Crippen molar-refractivity contribution in [1.82, 2.24) is 14.7 Å². The average molecular weight is 650 g/mol. The van der Waals surface area contributed by atoms with Gasteiger partial charge in [0.05, 0.1) is 29.2 Å². The zero-order chi connectivity index (χ0) is 32.8. The summed E-state index contributed by atoms with van der Waals surface area (Å²) in [6.45, 7) is 4.21. The van der Waals surface area contributed by atoms with Crippen LogP contribution in [-0.4, -0.2) is 51.8 Å². The number of hydrogen-bond donors (Lipinski definition) is 2. The van der Waals surface area contributed by atoms with Gasteiger partial charge < -0.3 is 20.3 Å². The molecule has 0 spiro atoms. The molecule has 4 aliphatic rings. The SMILES string of the molecule is Cc1cccc(F)c1C(=O)N1[C@@H]2CCC[C@@H]2C[C@H](C(=O)Nc2ccc3c(cnn3CC3CC3)c2)[C@@H]1c1ccc(NC2CCOCC2)cc1. The van der Waals surface area contributed by atoms with Crippen molar-refractivity contribution >= 4 is 34.1 Å². The molecular formula is C39H44FN5O3. The molecule has 2 aliphatic carbocycles. The summed E-state index contributed by atoms with van der Waals surface area (Å²) in [5, 5.41) is 12.4. The Morgan fingerprint density at radius 3 is 2.52 bits per heavy atom. The Bertz CT molecular complexity index is 1790. The molecule has 8 nitrogen and oxygen atoms in total. The number of hydrogen-bond acceptors (Lipinski definition) is 5. The Balaban J connectivity index is 1.13. The monoisotopic (exact) mass is 649 g/mol. The van der Waals surface area contributed by atoms with Crippen molar-refractivity contribution in [2.45, 2.75) is 83.0 Å². The third-order valence-electron chi connectivity index (χ3n) is 11.1. The first kappa shape index (κ1) is 31.1. The minimum absolute atomic E-state index is 0.0562. The number of carbonyl (C=O) groups is 2. The summed E-state index contributed by atoms with van der Waals surface area (Å²) in [5.74, 6) is -0.609. The Kier molecular flexibility index (Phi) is 8.41. The van der Waals surface area contributed by atoms with Gasteiger partial charge in [-0.3, -0.25) is 14.3 Å². The summed E-state index contributed by atoms with van der Waals surface area (Å²) in [6, 6.07) is 18.7. The molecule has 3 aromatic carbocycles. The van der Waals surface area contributed by atoms with Gasteiger partial charge in [-0.15, -0.1) is 0 Å². The van der Waals surface area contributed by atoms with E-state index in [1.54, 1.807) is 19.1 Å². The first-order chi connectivity index (χ1) is 23.4. The van der Waals surface area contributed by atoms with Crippen LogP contribution in [0.2, 0.25) is 0 Å². The molecule has 4 atom stereocenters. The lowest BCUT2D eigenvalue weighted by Gasteiger charge is -2.48. The summed E-state index contributed by atoms with van der Waals surface area (Å²) in [6.07, 6.45) is 9.72. The number of rotatable bonds is 8. The van der Waals surface area contributed by atoms with Crippen molar-refractivity contribution in [3.63, 3.8) is 0 Å². The highest BCUT2D eigenvalue weighted by molar-refractivity contribution is 5.99. The number of aromatic nitrogens is 2. The fraction of sp³-hybridized carbons (Fsp3) is 0.462. The maximum atomic E-state index is 15.4. The second-order valence-corrected chi connectivity index (χ2v) is 14.4. The summed E-state index contributed by atoms with van der Waals surface area (Å²) >= 11 is 0. The Morgan fingerprint density at radius 1 is 0.958 bits per heavy atom. The van der Waals surface area contributed by atoms with E-state index in [1.807, 2.05) is 53.6 Å². The largest absolute Gasteiger partial charge is 0.382 e. The first-order valence-corrected chi connectivity index (χ1v) is 17.7. The van der Waals surface area contributed by atoms with E-state index >= 15 is 4.39 Å². The summed E-state index contributed by atoms with van der Waals surface area (Å²) in [7, 11) is 0. The fourth-order valence-corrected chi connectivity index (χ4v) is 8.41. The van der Waals surface area contributed by atoms with Crippen LogP contribution in [0.4, 0.5) is 15.8 Å². The van der Waals surface area contributed by atoms with Crippen LogP contribution in [0, 0.1) is 30.5 Å². The molecule has 4 aromatic rings. The zero-order valence-electron chi connectivity index (χ0n) is 27.5. The van der Waals surface area contributed by atoms with Gasteiger partial charge in [0.1, 0.15) is 5.82 Å². The van der Waals surface area contributed by atoms with Crippen molar-refractivity contribution in [3.8, 4) is 0 Å². The molecule has 48 heavy (non-hydrogen) atoms. The number of amides is 2. The van der Waals surface area contributed by atoms with E-state index in [0.717, 1.165) is 74.0 Å². The quantitative estimate of drug-likeness (QED) is 0.207. The first-order valence-electron chi connectivity index (χ1n) is 17.7. The average Bonchev–Trinajstić information content (AvgIpc) is 3.63. The van der Waals surface area contributed by atoms with Crippen molar-refractivity contribution in [3.05, 3.63) is 89.4 Å². The van der Waals surface area contributed by atoms with E-state index < -0.39 is 17.8 Å². The summed E-state index contributed by atoms with van der Waals surface area (Å²) < 4.78 is 23.0. The van der Waals surface area contributed by atoms with Crippen LogP contribution < -0.4 is 10.6 Å². The molecule has 1 aromatic heterocycles. The number of benzene rings is 3. The van der Waals surface area contributed by atoms with E-state index in [9.17, 15) is 9.59 Å². The van der Waals surface area contributed by atoms with Crippen LogP contribution in [0.3, 0.4) is 0 Å². The fourth-order valence-electron chi connectivity index (χ4n) is 8.41. The van der Waals surface area contributed by atoms with Crippen molar-refractivity contribution in [2.75, 3.05) is 23.8 Å². The zero-order valence-corrected chi connectivity index (χ0v) is 27.5. The molecule has 2 saturated carbocycles. The van der Waals surface area contributed by atoms with Crippen LogP contribution in [0.1, 0.15) is 78.9 Å². The minimum atomic E-state index is -0.544. The number of carbonyl (C=O) groups excluding carboxylic acids is 2. The summed E-state index contributed by atoms with van der Waals surface area (Å²) in [5.41, 5.74) is 4.36. The second kappa shape index (κ2) is 13.0. The number of aryl methyl sites for hydroxylation is 1. The number of ether oxygens (including phenoxy) is 1. The lowest BCUT2D eigenvalue weighted by atomic mass is 9.76. The van der Waals surface area contributed by atoms with Gasteiger partial charge in [0.25, 0.3) is 5.91 Å². The predicted octanol–water partition coefficient (Wildman–Crippen LogP) is 7.50. The van der Waals surface area contributed by atoms with Gasteiger partial charge in [-0.25, -0.2) is 4.39 Å². The molecule has 9 heteroatoms. The topological polar surface area (TPSA) is 88.5 Å². The molecule has 8 rings (SSSR count). The molecule has 0 bridgehead atoms. The molecule has 2 amide bonds. The second-order valence-electron chi connectivity index (χ2n) is 14.4. The molecule has 3 heterocycles.